The Kier molecular flexibility index (Phi) is 4.40. The summed E-state index contributed by atoms with van der Waals surface area (Å²) in [5.74, 6) is 0.193. The van der Waals surface area contributed by atoms with Crippen LogP contribution in [0.2, 0.25) is 0 Å². The molecule has 0 fully saturated rings. The van der Waals surface area contributed by atoms with Gasteiger partial charge in [0.1, 0.15) is 5.75 Å². The molecule has 6 heteroatoms. The predicted molar refractivity (Wildman–Crippen MR) is 64.7 cm³/mol. The smallest absolute Gasteiger partial charge is 0.296 e. The van der Waals surface area contributed by atoms with Crippen LogP contribution in [0.4, 0.5) is 0 Å². The number of benzene rings is 1. The zero-order chi connectivity index (χ0) is 10.6. The molecule has 1 rings (SSSR count). The van der Waals surface area contributed by atoms with Crippen molar-refractivity contribution >= 4 is 53.9 Å². The summed E-state index contributed by atoms with van der Waals surface area (Å²) in [5.41, 5.74) is 0. The zero-order valence-corrected chi connectivity index (χ0v) is 11.6. The van der Waals surface area contributed by atoms with Gasteiger partial charge in [0.05, 0.1) is 0 Å². The first-order valence-corrected chi connectivity index (χ1v) is 5.97. The van der Waals surface area contributed by atoms with E-state index < -0.39 is 3.42 Å². The first-order valence-electron chi connectivity index (χ1n) is 3.59. The third kappa shape index (κ3) is 3.25. The van der Waals surface area contributed by atoms with Crippen LogP contribution in [0.5, 0.6) is 5.75 Å². The van der Waals surface area contributed by atoms with Crippen molar-refractivity contribution in [3.05, 3.63) is 30.3 Å². The SMILES string of the molecule is O=C(NBr)C(Br)(Br)Oc1ccccc1. The lowest BCUT2D eigenvalue weighted by Gasteiger charge is -2.19. The van der Waals surface area contributed by atoms with Crippen molar-refractivity contribution < 1.29 is 9.53 Å². The number of carbonyl (C=O) groups is 1. The van der Waals surface area contributed by atoms with Crippen molar-refractivity contribution in [3.63, 3.8) is 0 Å². The highest BCUT2D eigenvalue weighted by atomic mass is 79.9. The molecule has 0 heterocycles. The van der Waals surface area contributed by atoms with Gasteiger partial charge in [-0.1, -0.05) is 18.2 Å². The molecule has 0 radical (unpaired) electrons. The number of para-hydroxylation sites is 1. The molecule has 1 amide bonds. The fourth-order valence-electron chi connectivity index (χ4n) is 0.738. The molecule has 1 aromatic carbocycles. The number of hydrogen-bond donors (Lipinski definition) is 1. The number of rotatable bonds is 3. The molecule has 0 spiro atoms. The van der Waals surface area contributed by atoms with Gasteiger partial charge in [-0.3, -0.25) is 9.14 Å². The fourth-order valence-corrected chi connectivity index (χ4v) is 2.12. The first kappa shape index (κ1) is 12.0. The lowest BCUT2D eigenvalue weighted by molar-refractivity contribution is -0.123. The quantitative estimate of drug-likeness (QED) is 0.639. The standard InChI is InChI=1S/C8H6Br3NO2/c9-8(10,7(13)12-11)14-6-4-2-1-3-5-6/h1-5H,(H,12,13). The summed E-state index contributed by atoms with van der Waals surface area (Å²) in [5, 5.41) is 0. The van der Waals surface area contributed by atoms with Gasteiger partial charge >= 0.3 is 0 Å². The van der Waals surface area contributed by atoms with E-state index in [0.29, 0.717) is 5.75 Å². The summed E-state index contributed by atoms with van der Waals surface area (Å²) in [6.45, 7) is 0. The minimum absolute atomic E-state index is 0.388. The van der Waals surface area contributed by atoms with Crippen molar-refractivity contribution in [1.29, 1.82) is 0 Å². The van der Waals surface area contributed by atoms with Gasteiger partial charge in [-0.05, 0) is 44.0 Å². The average molecular weight is 388 g/mol. The molecule has 0 aliphatic rings. The van der Waals surface area contributed by atoms with Crippen molar-refractivity contribution in [2.75, 3.05) is 0 Å². The Bertz CT molecular complexity index is 316. The van der Waals surface area contributed by atoms with Crippen LogP contribution < -0.4 is 9.08 Å². The zero-order valence-electron chi connectivity index (χ0n) is 6.84. The summed E-state index contributed by atoms with van der Waals surface area (Å²) in [6, 6.07) is 8.99. The average Bonchev–Trinajstić information content (AvgIpc) is 2.17. The van der Waals surface area contributed by atoms with Crippen molar-refractivity contribution in [2.24, 2.45) is 0 Å². The Morgan fingerprint density at radius 1 is 1.29 bits per heavy atom. The summed E-state index contributed by atoms with van der Waals surface area (Å²) in [6.07, 6.45) is 0. The second kappa shape index (κ2) is 5.14. The molecule has 0 saturated heterocycles. The number of carbonyl (C=O) groups excluding carboxylic acids is 1. The first-order chi connectivity index (χ1) is 6.56. The summed E-state index contributed by atoms with van der Waals surface area (Å²) < 4.78 is 6.37. The van der Waals surface area contributed by atoms with E-state index in [1.807, 2.05) is 18.2 Å². The molecule has 1 aromatic rings. The van der Waals surface area contributed by atoms with Crippen LogP contribution in [0.15, 0.2) is 30.3 Å². The number of amides is 1. The van der Waals surface area contributed by atoms with E-state index in [0.717, 1.165) is 0 Å². The van der Waals surface area contributed by atoms with Crippen molar-refractivity contribution in [3.8, 4) is 5.75 Å². The second-order valence-corrected chi connectivity index (χ2v) is 6.05. The van der Waals surface area contributed by atoms with Gasteiger partial charge in [0.25, 0.3) is 9.33 Å². The summed E-state index contributed by atoms with van der Waals surface area (Å²) in [7, 11) is 0. The highest BCUT2D eigenvalue weighted by Crippen LogP contribution is 2.30. The van der Waals surface area contributed by atoms with E-state index in [9.17, 15) is 4.79 Å². The Balaban J connectivity index is 2.73. The fraction of sp³-hybridized carbons (Fsp3) is 0.125. The van der Waals surface area contributed by atoms with Gasteiger partial charge < -0.3 is 4.74 Å². The molecule has 76 valence electrons. The summed E-state index contributed by atoms with van der Waals surface area (Å²) in [4.78, 5) is 11.3. The van der Waals surface area contributed by atoms with E-state index in [4.69, 9.17) is 4.74 Å². The molecule has 0 bridgehead atoms. The molecule has 0 aliphatic carbocycles. The van der Waals surface area contributed by atoms with Crippen LogP contribution in [0.3, 0.4) is 0 Å². The van der Waals surface area contributed by atoms with E-state index >= 15 is 0 Å². The van der Waals surface area contributed by atoms with E-state index in [1.54, 1.807) is 12.1 Å². The normalized spacial score (nSPS) is 10.8. The minimum atomic E-state index is -1.26. The Labute approximate surface area is 107 Å². The van der Waals surface area contributed by atoms with Crippen molar-refractivity contribution in [1.82, 2.24) is 4.34 Å². The number of halogens is 3. The largest absolute Gasteiger partial charge is 0.457 e. The number of ether oxygens (including phenoxy) is 1. The Morgan fingerprint density at radius 2 is 1.86 bits per heavy atom. The highest BCUT2D eigenvalue weighted by molar-refractivity contribution is 9.25. The van der Waals surface area contributed by atoms with Gasteiger partial charge in [0, 0.05) is 16.1 Å². The van der Waals surface area contributed by atoms with Crippen molar-refractivity contribution in [2.45, 2.75) is 3.42 Å². The second-order valence-electron chi connectivity index (χ2n) is 2.36. The number of alkyl halides is 2. The molecule has 1 N–H and O–H groups in total. The third-order valence-corrected chi connectivity index (χ3v) is 2.74. The molecule has 0 aromatic heterocycles. The molecule has 0 unspecified atom stereocenters. The van der Waals surface area contributed by atoms with Crippen LogP contribution >= 0.6 is 48.0 Å². The number of nitrogens with one attached hydrogen (secondary N) is 1. The maximum absolute atomic E-state index is 11.3. The molecular formula is C8H6Br3NO2. The highest BCUT2D eigenvalue weighted by Gasteiger charge is 2.34. The summed E-state index contributed by atoms with van der Waals surface area (Å²) >= 11 is 9.02. The van der Waals surface area contributed by atoms with Gasteiger partial charge in [0.2, 0.25) is 0 Å². The van der Waals surface area contributed by atoms with E-state index in [-0.39, 0.29) is 5.91 Å². The Morgan fingerprint density at radius 3 is 2.36 bits per heavy atom. The van der Waals surface area contributed by atoms with Gasteiger partial charge in [-0.2, -0.15) is 0 Å². The topological polar surface area (TPSA) is 38.3 Å². The monoisotopic (exact) mass is 385 g/mol. The molecule has 0 atom stereocenters. The van der Waals surface area contributed by atoms with E-state index in [2.05, 4.69) is 52.3 Å². The lowest BCUT2D eigenvalue weighted by atomic mass is 10.3. The van der Waals surface area contributed by atoms with Gasteiger partial charge in [-0.15, -0.1) is 0 Å². The maximum Gasteiger partial charge on any atom is 0.296 e. The molecular weight excluding hydrogens is 382 g/mol. The third-order valence-electron chi connectivity index (χ3n) is 1.34. The molecule has 14 heavy (non-hydrogen) atoms. The van der Waals surface area contributed by atoms with Crippen LogP contribution in [0.1, 0.15) is 0 Å². The van der Waals surface area contributed by atoms with Crippen LogP contribution in [-0.2, 0) is 4.79 Å². The predicted octanol–water partition coefficient (Wildman–Crippen LogP) is 2.94. The van der Waals surface area contributed by atoms with Crippen LogP contribution in [-0.4, -0.2) is 9.33 Å². The van der Waals surface area contributed by atoms with Crippen LogP contribution in [0.25, 0.3) is 0 Å². The number of hydrogen-bond acceptors (Lipinski definition) is 2. The maximum atomic E-state index is 11.3. The molecule has 0 aliphatic heterocycles. The van der Waals surface area contributed by atoms with E-state index in [1.165, 1.54) is 0 Å². The van der Waals surface area contributed by atoms with Crippen LogP contribution in [0, 0.1) is 0 Å². The minimum Gasteiger partial charge on any atom is -0.457 e. The lowest BCUT2D eigenvalue weighted by Crippen LogP contribution is -2.37. The molecule has 0 saturated carbocycles. The molecule has 3 nitrogen and oxygen atoms in total. The van der Waals surface area contributed by atoms with Gasteiger partial charge in [0.15, 0.2) is 0 Å². The Hall–Kier alpha value is -0.0700. The van der Waals surface area contributed by atoms with Gasteiger partial charge in [-0.25, -0.2) is 0 Å².